The normalized spacial score (nSPS) is 18.5. The zero-order valence-corrected chi connectivity index (χ0v) is 12.9. The molecule has 1 amide bonds. The number of para-hydroxylation sites is 1. The average Bonchev–Trinajstić information content (AvgIpc) is 3.13. The molecule has 0 radical (unpaired) electrons. The summed E-state index contributed by atoms with van der Waals surface area (Å²) in [6.07, 6.45) is 0.207. The van der Waals surface area contributed by atoms with Gasteiger partial charge in [-0.05, 0) is 17.7 Å². The quantitative estimate of drug-likeness (QED) is 0.942. The van der Waals surface area contributed by atoms with Crippen LogP contribution < -0.4 is 14.8 Å². The lowest BCUT2D eigenvalue weighted by molar-refractivity contribution is -0.110. The summed E-state index contributed by atoms with van der Waals surface area (Å²) in [5.74, 6) is 0.887. The van der Waals surface area contributed by atoms with Crippen LogP contribution in [0.1, 0.15) is 18.1 Å². The highest BCUT2D eigenvalue weighted by Gasteiger charge is 2.28. The van der Waals surface area contributed by atoms with Crippen molar-refractivity contribution in [3.05, 3.63) is 54.1 Å². The molecule has 0 saturated carbocycles. The molecule has 2 aromatic carbocycles. The molecule has 1 atom stereocenters. The molecule has 2 aromatic rings. The van der Waals surface area contributed by atoms with Gasteiger partial charge < -0.3 is 19.6 Å². The molecule has 24 heavy (non-hydrogen) atoms. The van der Waals surface area contributed by atoms with Crippen molar-refractivity contribution in [1.82, 2.24) is 0 Å². The SMILES string of the molecule is O=C(Nc1cccc2c1OCCO2)C1=NO[C@@H](c2ccccc2)C1. The monoisotopic (exact) mass is 324 g/mol. The smallest absolute Gasteiger partial charge is 0.273 e. The first kappa shape index (κ1) is 14.6. The summed E-state index contributed by atoms with van der Waals surface area (Å²) < 4.78 is 11.1. The summed E-state index contributed by atoms with van der Waals surface area (Å²) in [5.41, 5.74) is 1.93. The number of hydrogen-bond acceptors (Lipinski definition) is 5. The predicted octanol–water partition coefficient (Wildman–Crippen LogP) is 2.91. The first-order valence-electron chi connectivity index (χ1n) is 7.79. The van der Waals surface area contributed by atoms with Gasteiger partial charge in [-0.15, -0.1) is 0 Å². The molecule has 0 bridgehead atoms. The standard InChI is InChI=1S/C18H16N2O4/c21-18(14-11-16(24-20-14)12-5-2-1-3-6-12)19-13-7-4-8-15-17(13)23-10-9-22-15/h1-8,16H,9-11H2,(H,19,21)/t16-/m1/s1. The molecule has 4 rings (SSSR count). The van der Waals surface area contributed by atoms with Crippen LogP contribution >= 0.6 is 0 Å². The van der Waals surface area contributed by atoms with Gasteiger partial charge in [0.05, 0.1) is 5.69 Å². The Labute approximate surface area is 139 Å². The third-order valence-electron chi connectivity index (χ3n) is 3.92. The fourth-order valence-corrected chi connectivity index (χ4v) is 2.72. The molecule has 2 aliphatic rings. The van der Waals surface area contributed by atoms with E-state index in [2.05, 4.69) is 10.5 Å². The van der Waals surface area contributed by atoms with Crippen molar-refractivity contribution in [2.45, 2.75) is 12.5 Å². The molecule has 0 aromatic heterocycles. The highest BCUT2D eigenvalue weighted by molar-refractivity contribution is 6.43. The summed E-state index contributed by atoms with van der Waals surface area (Å²) in [7, 11) is 0. The lowest BCUT2D eigenvalue weighted by atomic mass is 10.0. The molecule has 6 nitrogen and oxygen atoms in total. The molecule has 1 N–H and O–H groups in total. The lowest BCUT2D eigenvalue weighted by Crippen LogP contribution is -2.23. The summed E-state index contributed by atoms with van der Waals surface area (Å²) in [6.45, 7) is 0.962. The third kappa shape index (κ3) is 2.78. The molecule has 6 heteroatoms. The number of ether oxygens (including phenoxy) is 2. The van der Waals surface area contributed by atoms with Gasteiger partial charge in [-0.25, -0.2) is 0 Å². The van der Waals surface area contributed by atoms with Crippen LogP contribution in [0.15, 0.2) is 53.7 Å². The van der Waals surface area contributed by atoms with Gasteiger partial charge in [0.1, 0.15) is 18.9 Å². The molecule has 2 heterocycles. The fourth-order valence-electron chi connectivity index (χ4n) is 2.72. The first-order chi connectivity index (χ1) is 11.8. The van der Waals surface area contributed by atoms with E-state index in [1.165, 1.54) is 0 Å². The van der Waals surface area contributed by atoms with Crippen LogP contribution in [-0.4, -0.2) is 24.8 Å². The second-order valence-electron chi connectivity index (χ2n) is 5.53. The second-order valence-corrected chi connectivity index (χ2v) is 5.53. The van der Waals surface area contributed by atoms with E-state index in [1.54, 1.807) is 6.07 Å². The van der Waals surface area contributed by atoms with Crippen molar-refractivity contribution < 1.29 is 19.1 Å². The molecule has 2 aliphatic heterocycles. The number of anilines is 1. The van der Waals surface area contributed by atoms with Crippen molar-refractivity contribution in [3.63, 3.8) is 0 Å². The summed E-state index contributed by atoms with van der Waals surface area (Å²) in [4.78, 5) is 17.9. The maximum absolute atomic E-state index is 12.5. The van der Waals surface area contributed by atoms with E-state index in [-0.39, 0.29) is 12.0 Å². The van der Waals surface area contributed by atoms with Crippen LogP contribution in [0.2, 0.25) is 0 Å². The Balaban J connectivity index is 1.46. The summed E-state index contributed by atoms with van der Waals surface area (Å²) in [6, 6.07) is 15.1. The minimum absolute atomic E-state index is 0.226. The Hall–Kier alpha value is -3.02. The Bertz CT molecular complexity index is 789. The number of oxime groups is 1. The molecule has 0 saturated heterocycles. The second kappa shape index (κ2) is 6.23. The van der Waals surface area contributed by atoms with E-state index in [9.17, 15) is 4.79 Å². The van der Waals surface area contributed by atoms with Gasteiger partial charge in [-0.3, -0.25) is 4.79 Å². The third-order valence-corrected chi connectivity index (χ3v) is 3.92. The maximum atomic E-state index is 12.5. The van der Waals surface area contributed by atoms with Gasteiger partial charge >= 0.3 is 0 Å². The van der Waals surface area contributed by atoms with Crippen molar-refractivity contribution in [3.8, 4) is 11.5 Å². The Kier molecular flexibility index (Phi) is 3.78. The topological polar surface area (TPSA) is 69.2 Å². The maximum Gasteiger partial charge on any atom is 0.273 e. The Morgan fingerprint density at radius 1 is 1.04 bits per heavy atom. The lowest BCUT2D eigenvalue weighted by Gasteiger charge is -2.20. The van der Waals surface area contributed by atoms with Crippen LogP contribution in [0.4, 0.5) is 5.69 Å². The summed E-state index contributed by atoms with van der Waals surface area (Å²) in [5, 5.41) is 6.76. The first-order valence-corrected chi connectivity index (χ1v) is 7.79. The van der Waals surface area contributed by atoms with E-state index in [0.29, 0.717) is 42.5 Å². The Morgan fingerprint density at radius 2 is 1.88 bits per heavy atom. The molecular formula is C18H16N2O4. The minimum atomic E-state index is -0.295. The Morgan fingerprint density at radius 3 is 2.75 bits per heavy atom. The molecule has 0 aliphatic carbocycles. The fraction of sp³-hybridized carbons (Fsp3) is 0.222. The molecule has 122 valence electrons. The van der Waals surface area contributed by atoms with Gasteiger partial charge in [0.2, 0.25) is 0 Å². The number of carbonyl (C=O) groups is 1. The van der Waals surface area contributed by atoms with Crippen LogP contribution in [0.3, 0.4) is 0 Å². The van der Waals surface area contributed by atoms with Gasteiger partial charge in [0.15, 0.2) is 17.6 Å². The van der Waals surface area contributed by atoms with Crippen LogP contribution in [0.5, 0.6) is 11.5 Å². The molecule has 0 unspecified atom stereocenters. The van der Waals surface area contributed by atoms with E-state index in [1.807, 2.05) is 42.5 Å². The number of fused-ring (bicyclic) bond motifs is 1. The number of rotatable bonds is 3. The predicted molar refractivity (Wildman–Crippen MR) is 88.4 cm³/mol. The van der Waals surface area contributed by atoms with E-state index < -0.39 is 0 Å². The number of nitrogens with zero attached hydrogens (tertiary/aromatic N) is 1. The van der Waals surface area contributed by atoms with E-state index >= 15 is 0 Å². The minimum Gasteiger partial charge on any atom is -0.486 e. The van der Waals surface area contributed by atoms with Crippen molar-refractivity contribution in [2.24, 2.45) is 5.16 Å². The number of hydrogen-bond donors (Lipinski definition) is 1. The highest BCUT2D eigenvalue weighted by Crippen LogP contribution is 2.37. The zero-order valence-electron chi connectivity index (χ0n) is 12.9. The van der Waals surface area contributed by atoms with Crippen LogP contribution in [-0.2, 0) is 9.63 Å². The zero-order chi connectivity index (χ0) is 16.4. The van der Waals surface area contributed by atoms with Crippen molar-refractivity contribution >= 4 is 17.3 Å². The van der Waals surface area contributed by atoms with E-state index in [0.717, 1.165) is 5.56 Å². The van der Waals surface area contributed by atoms with Crippen molar-refractivity contribution in [2.75, 3.05) is 18.5 Å². The summed E-state index contributed by atoms with van der Waals surface area (Å²) >= 11 is 0. The van der Waals surface area contributed by atoms with Crippen LogP contribution in [0.25, 0.3) is 0 Å². The van der Waals surface area contributed by atoms with Gasteiger partial charge in [-0.1, -0.05) is 41.6 Å². The van der Waals surface area contributed by atoms with E-state index in [4.69, 9.17) is 14.3 Å². The molecular weight excluding hydrogens is 308 g/mol. The van der Waals surface area contributed by atoms with Gasteiger partial charge in [0.25, 0.3) is 5.91 Å². The number of amides is 1. The number of nitrogens with one attached hydrogen (secondary N) is 1. The van der Waals surface area contributed by atoms with Gasteiger partial charge in [0, 0.05) is 6.42 Å². The van der Waals surface area contributed by atoms with Crippen molar-refractivity contribution in [1.29, 1.82) is 0 Å². The largest absolute Gasteiger partial charge is 0.486 e. The molecule has 0 spiro atoms. The van der Waals surface area contributed by atoms with Crippen LogP contribution in [0, 0.1) is 0 Å². The average molecular weight is 324 g/mol. The van der Waals surface area contributed by atoms with Gasteiger partial charge in [-0.2, -0.15) is 0 Å². The molecule has 0 fully saturated rings. The number of carbonyl (C=O) groups excluding carboxylic acids is 1. The highest BCUT2D eigenvalue weighted by atomic mass is 16.6. The number of benzene rings is 2.